The van der Waals surface area contributed by atoms with E-state index in [1.54, 1.807) is 12.1 Å². The van der Waals surface area contributed by atoms with Crippen LogP contribution in [0.15, 0.2) is 66.1 Å². The number of rotatable bonds is 6. The summed E-state index contributed by atoms with van der Waals surface area (Å²) in [4.78, 5) is 27.7. The fraction of sp³-hybridized carbons (Fsp3) is 0.333. The molecule has 1 saturated heterocycles. The maximum absolute atomic E-state index is 13.1. The summed E-state index contributed by atoms with van der Waals surface area (Å²) in [6, 6.07) is 15.4. The van der Waals surface area contributed by atoms with Gasteiger partial charge in [0, 0.05) is 6.54 Å². The van der Waals surface area contributed by atoms with Crippen LogP contribution in [-0.4, -0.2) is 41.1 Å². The number of hydrogen-bond acceptors (Lipinski definition) is 5. The van der Waals surface area contributed by atoms with Crippen LogP contribution in [0, 0.1) is 5.82 Å². The molecule has 168 valence electrons. The fourth-order valence-electron chi connectivity index (χ4n) is 4.25. The van der Waals surface area contributed by atoms with Crippen molar-refractivity contribution < 1.29 is 19.1 Å². The first kappa shape index (κ1) is 21.8. The molecule has 2 aromatic rings. The number of carbonyl (C=O) groups excluding carboxylic acids is 2. The number of benzene rings is 2. The summed E-state index contributed by atoms with van der Waals surface area (Å²) in [6.45, 7) is 1.91. The molecular formula is C24H27FN4O3. The van der Waals surface area contributed by atoms with E-state index in [-0.39, 0.29) is 24.1 Å². The number of piperidine rings is 1. The average Bonchev–Trinajstić information content (AvgIpc) is 2.82. The predicted octanol–water partition coefficient (Wildman–Crippen LogP) is 2.48. The molecule has 2 aliphatic rings. The van der Waals surface area contributed by atoms with E-state index in [0.717, 1.165) is 31.5 Å². The lowest BCUT2D eigenvalue weighted by molar-refractivity contribution is -0.125. The highest BCUT2D eigenvalue weighted by atomic mass is 19.1. The predicted molar refractivity (Wildman–Crippen MR) is 118 cm³/mol. The molecule has 0 bridgehead atoms. The van der Waals surface area contributed by atoms with Gasteiger partial charge in [-0.3, -0.25) is 14.5 Å². The number of aliphatic hydroxyl groups is 1. The molecule has 32 heavy (non-hydrogen) atoms. The number of likely N-dealkylation sites (tertiary alicyclic amines) is 1. The molecule has 0 saturated carbocycles. The lowest BCUT2D eigenvalue weighted by Gasteiger charge is -2.41. The Morgan fingerprint density at radius 1 is 1.06 bits per heavy atom. The minimum atomic E-state index is -0.696. The summed E-state index contributed by atoms with van der Waals surface area (Å²) in [5.41, 5.74) is 1.55. The molecule has 7 nitrogen and oxygen atoms in total. The molecule has 2 atom stereocenters. The van der Waals surface area contributed by atoms with Crippen molar-refractivity contribution in [2.75, 3.05) is 13.1 Å². The average molecular weight is 439 g/mol. The van der Waals surface area contributed by atoms with Gasteiger partial charge in [-0.15, -0.1) is 0 Å². The van der Waals surface area contributed by atoms with Gasteiger partial charge in [0.2, 0.25) is 5.76 Å². The minimum Gasteiger partial charge on any atom is -0.501 e. The number of aliphatic hydroxyl groups excluding tert-OH is 1. The van der Waals surface area contributed by atoms with Gasteiger partial charge in [0.1, 0.15) is 17.7 Å². The summed E-state index contributed by atoms with van der Waals surface area (Å²) >= 11 is 0. The number of amides is 2. The molecule has 0 spiro atoms. The van der Waals surface area contributed by atoms with E-state index in [1.807, 2.05) is 30.3 Å². The summed E-state index contributed by atoms with van der Waals surface area (Å²) in [5.74, 6) is -2.31. The van der Waals surface area contributed by atoms with Crippen molar-refractivity contribution in [3.8, 4) is 0 Å². The van der Waals surface area contributed by atoms with Crippen molar-refractivity contribution in [2.24, 2.45) is 0 Å². The van der Waals surface area contributed by atoms with E-state index >= 15 is 0 Å². The molecule has 2 unspecified atom stereocenters. The molecule has 2 aliphatic heterocycles. The third-order valence-corrected chi connectivity index (χ3v) is 5.87. The van der Waals surface area contributed by atoms with Gasteiger partial charge < -0.3 is 21.1 Å². The molecule has 4 rings (SSSR count). The number of carbonyl (C=O) groups is 2. The van der Waals surface area contributed by atoms with Gasteiger partial charge in [0.25, 0.3) is 11.8 Å². The Hall–Kier alpha value is -3.39. The van der Waals surface area contributed by atoms with E-state index < -0.39 is 23.7 Å². The topological polar surface area (TPSA) is 93.7 Å². The normalized spacial score (nSPS) is 20.3. The van der Waals surface area contributed by atoms with Crippen LogP contribution < -0.4 is 16.0 Å². The molecule has 2 amide bonds. The Kier molecular flexibility index (Phi) is 6.70. The quantitative estimate of drug-likeness (QED) is 0.556. The Morgan fingerprint density at radius 3 is 2.44 bits per heavy atom. The van der Waals surface area contributed by atoms with E-state index in [4.69, 9.17) is 0 Å². The van der Waals surface area contributed by atoms with Crippen molar-refractivity contribution in [1.82, 2.24) is 20.9 Å². The lowest BCUT2D eigenvalue weighted by atomic mass is 9.97. The monoisotopic (exact) mass is 438 g/mol. The number of halogens is 1. The van der Waals surface area contributed by atoms with E-state index in [1.165, 1.54) is 18.6 Å². The van der Waals surface area contributed by atoms with Crippen molar-refractivity contribution in [3.05, 3.63) is 83.0 Å². The molecular weight excluding hydrogens is 411 g/mol. The summed E-state index contributed by atoms with van der Waals surface area (Å²) < 4.78 is 13.1. The molecule has 2 aromatic carbocycles. The Balaban J connectivity index is 1.54. The third kappa shape index (κ3) is 4.91. The van der Waals surface area contributed by atoms with Crippen LogP contribution in [0.4, 0.5) is 4.39 Å². The zero-order chi connectivity index (χ0) is 22.5. The fourth-order valence-corrected chi connectivity index (χ4v) is 4.25. The van der Waals surface area contributed by atoms with Crippen LogP contribution in [0.2, 0.25) is 0 Å². The molecule has 1 fully saturated rings. The van der Waals surface area contributed by atoms with Crippen LogP contribution in [-0.2, 0) is 16.1 Å². The summed E-state index contributed by atoms with van der Waals surface area (Å²) in [6.07, 6.45) is 2.71. The van der Waals surface area contributed by atoms with Gasteiger partial charge in [-0.1, -0.05) is 48.9 Å². The number of nitrogens with one attached hydrogen (secondary N) is 3. The Morgan fingerprint density at radius 2 is 1.75 bits per heavy atom. The Labute approximate surface area is 186 Å². The van der Waals surface area contributed by atoms with E-state index in [2.05, 4.69) is 20.9 Å². The standard InChI is InChI=1S/C24H27FN4O3/c25-18-11-9-16(10-12-18)15-26-23(31)19-21(30)24(32)28-22(27-19)20(17-7-3-1-4-8-17)29-13-5-2-6-14-29/h1,3-4,7-12,20,22,27,30H,2,5-6,13-15H2,(H,26,31)(H,28,32). The first-order chi connectivity index (χ1) is 15.5. The third-order valence-electron chi connectivity index (χ3n) is 5.87. The van der Waals surface area contributed by atoms with Crippen LogP contribution >= 0.6 is 0 Å². The van der Waals surface area contributed by atoms with Gasteiger partial charge in [-0.05, 0) is 49.2 Å². The van der Waals surface area contributed by atoms with Crippen molar-refractivity contribution >= 4 is 11.8 Å². The first-order valence-electron chi connectivity index (χ1n) is 10.9. The SMILES string of the molecule is O=C1NC(C(c2ccccc2)N2CCCCC2)NC(C(=O)NCc2ccc(F)cc2)=C1O. The molecule has 0 aliphatic carbocycles. The highest BCUT2D eigenvalue weighted by Gasteiger charge is 2.37. The van der Waals surface area contributed by atoms with Gasteiger partial charge in [-0.2, -0.15) is 0 Å². The largest absolute Gasteiger partial charge is 0.501 e. The van der Waals surface area contributed by atoms with Crippen LogP contribution in [0.25, 0.3) is 0 Å². The van der Waals surface area contributed by atoms with Crippen molar-refractivity contribution in [2.45, 2.75) is 38.0 Å². The van der Waals surface area contributed by atoms with E-state index in [9.17, 15) is 19.1 Å². The number of nitrogens with zero attached hydrogens (tertiary/aromatic N) is 1. The highest BCUT2D eigenvalue weighted by molar-refractivity contribution is 6.04. The molecule has 8 heteroatoms. The summed E-state index contributed by atoms with van der Waals surface area (Å²) in [7, 11) is 0. The van der Waals surface area contributed by atoms with Gasteiger partial charge in [0.15, 0.2) is 0 Å². The van der Waals surface area contributed by atoms with Crippen molar-refractivity contribution in [1.29, 1.82) is 0 Å². The molecule has 0 aromatic heterocycles. The van der Waals surface area contributed by atoms with Crippen LogP contribution in [0.5, 0.6) is 0 Å². The lowest BCUT2D eigenvalue weighted by Crippen LogP contribution is -2.59. The second kappa shape index (κ2) is 9.82. The van der Waals surface area contributed by atoms with Gasteiger partial charge in [0.05, 0.1) is 6.04 Å². The maximum atomic E-state index is 13.1. The van der Waals surface area contributed by atoms with Crippen LogP contribution in [0.3, 0.4) is 0 Å². The van der Waals surface area contributed by atoms with Crippen LogP contribution in [0.1, 0.15) is 36.4 Å². The molecule has 4 N–H and O–H groups in total. The second-order valence-electron chi connectivity index (χ2n) is 8.08. The van der Waals surface area contributed by atoms with Gasteiger partial charge in [-0.25, -0.2) is 4.39 Å². The highest BCUT2D eigenvalue weighted by Crippen LogP contribution is 2.28. The van der Waals surface area contributed by atoms with E-state index in [0.29, 0.717) is 5.56 Å². The smallest absolute Gasteiger partial charge is 0.290 e. The minimum absolute atomic E-state index is 0.137. The zero-order valence-corrected chi connectivity index (χ0v) is 17.7. The first-order valence-corrected chi connectivity index (χ1v) is 10.9. The second-order valence-corrected chi connectivity index (χ2v) is 8.08. The Bertz CT molecular complexity index is 988. The number of hydrogen-bond donors (Lipinski definition) is 4. The maximum Gasteiger partial charge on any atom is 0.290 e. The molecule has 2 heterocycles. The zero-order valence-electron chi connectivity index (χ0n) is 17.7. The summed E-state index contributed by atoms with van der Waals surface area (Å²) in [5, 5.41) is 18.8. The van der Waals surface area contributed by atoms with Gasteiger partial charge >= 0.3 is 0 Å². The molecule has 0 radical (unpaired) electrons. The van der Waals surface area contributed by atoms with Crippen molar-refractivity contribution in [3.63, 3.8) is 0 Å².